The van der Waals surface area contributed by atoms with Gasteiger partial charge in [0.15, 0.2) is 0 Å². The SMILES string of the molecule is CCCCC(CC)CC(O)C1CCC(C(C)(C)C)CC1. The van der Waals surface area contributed by atoms with Gasteiger partial charge in [-0.2, -0.15) is 0 Å². The lowest BCUT2D eigenvalue weighted by atomic mass is 9.68. The average molecular weight is 283 g/mol. The van der Waals surface area contributed by atoms with Crippen molar-refractivity contribution in [2.75, 3.05) is 0 Å². The highest BCUT2D eigenvalue weighted by atomic mass is 16.3. The van der Waals surface area contributed by atoms with Crippen molar-refractivity contribution in [3.05, 3.63) is 0 Å². The molecule has 0 aromatic heterocycles. The van der Waals surface area contributed by atoms with Crippen molar-refractivity contribution >= 4 is 0 Å². The topological polar surface area (TPSA) is 20.2 Å². The predicted molar refractivity (Wildman–Crippen MR) is 88.8 cm³/mol. The van der Waals surface area contributed by atoms with E-state index in [0.29, 0.717) is 11.3 Å². The molecule has 2 unspecified atom stereocenters. The first-order valence-electron chi connectivity index (χ1n) is 9.06. The molecule has 2 atom stereocenters. The minimum Gasteiger partial charge on any atom is -0.393 e. The Hall–Kier alpha value is -0.0400. The third-order valence-corrected chi connectivity index (χ3v) is 5.66. The number of unbranched alkanes of at least 4 members (excludes halogenated alkanes) is 1. The highest BCUT2D eigenvalue weighted by Crippen LogP contribution is 2.41. The van der Waals surface area contributed by atoms with E-state index in [4.69, 9.17) is 0 Å². The predicted octanol–water partition coefficient (Wildman–Crippen LogP) is 5.81. The summed E-state index contributed by atoms with van der Waals surface area (Å²) in [7, 11) is 0. The van der Waals surface area contributed by atoms with E-state index in [1.54, 1.807) is 0 Å². The molecular formula is C19H38O. The van der Waals surface area contributed by atoms with Crippen LogP contribution in [0.1, 0.15) is 92.4 Å². The molecule has 0 saturated heterocycles. The van der Waals surface area contributed by atoms with Crippen LogP contribution in [-0.2, 0) is 0 Å². The standard InChI is InChI=1S/C19H38O/c1-6-8-9-15(7-2)14-18(20)16-10-12-17(13-11-16)19(3,4)5/h15-18,20H,6-14H2,1-5H3. The molecule has 0 aromatic carbocycles. The summed E-state index contributed by atoms with van der Waals surface area (Å²) in [5, 5.41) is 10.6. The van der Waals surface area contributed by atoms with E-state index in [9.17, 15) is 5.11 Å². The molecule has 0 spiro atoms. The Labute approximate surface area is 127 Å². The number of hydrogen-bond donors (Lipinski definition) is 1. The molecule has 0 aromatic rings. The van der Waals surface area contributed by atoms with Crippen molar-refractivity contribution in [1.82, 2.24) is 0 Å². The van der Waals surface area contributed by atoms with Crippen LogP contribution in [0.4, 0.5) is 0 Å². The van der Waals surface area contributed by atoms with Crippen LogP contribution in [0.15, 0.2) is 0 Å². The van der Waals surface area contributed by atoms with Crippen molar-refractivity contribution in [2.24, 2.45) is 23.2 Å². The Morgan fingerprint density at radius 3 is 2.10 bits per heavy atom. The summed E-state index contributed by atoms with van der Waals surface area (Å²) in [6.07, 6.45) is 11.3. The summed E-state index contributed by atoms with van der Waals surface area (Å²) < 4.78 is 0. The fraction of sp³-hybridized carbons (Fsp3) is 1.00. The van der Waals surface area contributed by atoms with Crippen molar-refractivity contribution in [3.8, 4) is 0 Å². The molecule has 1 aliphatic rings. The van der Waals surface area contributed by atoms with E-state index in [-0.39, 0.29) is 6.10 Å². The molecule has 0 amide bonds. The van der Waals surface area contributed by atoms with Gasteiger partial charge in [-0.25, -0.2) is 0 Å². The normalized spacial score (nSPS) is 27.3. The number of hydrogen-bond acceptors (Lipinski definition) is 1. The van der Waals surface area contributed by atoms with Crippen LogP contribution in [0.3, 0.4) is 0 Å². The number of aliphatic hydroxyl groups excluding tert-OH is 1. The molecule has 20 heavy (non-hydrogen) atoms. The van der Waals surface area contributed by atoms with Crippen LogP contribution in [0.5, 0.6) is 0 Å². The lowest BCUT2D eigenvalue weighted by molar-refractivity contribution is 0.0360. The number of rotatable bonds is 7. The summed E-state index contributed by atoms with van der Waals surface area (Å²) >= 11 is 0. The molecule has 0 radical (unpaired) electrons. The fourth-order valence-electron chi connectivity index (χ4n) is 3.89. The van der Waals surface area contributed by atoms with Crippen molar-refractivity contribution < 1.29 is 5.11 Å². The highest BCUT2D eigenvalue weighted by molar-refractivity contribution is 4.83. The van der Waals surface area contributed by atoms with Gasteiger partial charge in [-0.1, -0.05) is 60.3 Å². The second kappa shape index (κ2) is 8.41. The third kappa shape index (κ3) is 5.76. The molecule has 120 valence electrons. The highest BCUT2D eigenvalue weighted by Gasteiger charge is 2.32. The number of aliphatic hydroxyl groups is 1. The van der Waals surface area contributed by atoms with Gasteiger partial charge in [-0.3, -0.25) is 0 Å². The summed E-state index contributed by atoms with van der Waals surface area (Å²) in [6.45, 7) is 11.6. The Morgan fingerprint density at radius 1 is 1.05 bits per heavy atom. The molecule has 0 heterocycles. The van der Waals surface area contributed by atoms with Crippen molar-refractivity contribution in [2.45, 2.75) is 98.5 Å². The maximum atomic E-state index is 10.6. The molecule has 0 aliphatic heterocycles. The van der Waals surface area contributed by atoms with E-state index in [1.165, 1.54) is 51.4 Å². The van der Waals surface area contributed by atoms with Gasteiger partial charge < -0.3 is 5.11 Å². The lowest BCUT2D eigenvalue weighted by Gasteiger charge is -2.38. The quantitative estimate of drug-likeness (QED) is 0.625. The van der Waals surface area contributed by atoms with Crippen molar-refractivity contribution in [3.63, 3.8) is 0 Å². The smallest absolute Gasteiger partial charge is 0.0571 e. The van der Waals surface area contributed by atoms with Gasteiger partial charge in [0.2, 0.25) is 0 Å². The lowest BCUT2D eigenvalue weighted by Crippen LogP contribution is -2.31. The van der Waals surface area contributed by atoms with Gasteiger partial charge in [-0.05, 0) is 55.3 Å². The summed E-state index contributed by atoms with van der Waals surface area (Å²) in [5.74, 6) is 2.17. The maximum absolute atomic E-state index is 10.6. The Kier molecular flexibility index (Phi) is 7.58. The Balaban J connectivity index is 2.36. The average Bonchev–Trinajstić information content (AvgIpc) is 2.42. The molecule has 1 rings (SSSR count). The molecule has 1 nitrogen and oxygen atoms in total. The van der Waals surface area contributed by atoms with Gasteiger partial charge in [0.1, 0.15) is 0 Å². The molecule has 1 heteroatoms. The first-order valence-corrected chi connectivity index (χ1v) is 9.06. The van der Waals surface area contributed by atoms with Gasteiger partial charge in [-0.15, -0.1) is 0 Å². The summed E-state index contributed by atoms with van der Waals surface area (Å²) in [5.41, 5.74) is 0.447. The monoisotopic (exact) mass is 282 g/mol. The minimum atomic E-state index is -0.0438. The second-order valence-corrected chi connectivity index (χ2v) is 8.20. The summed E-state index contributed by atoms with van der Waals surface area (Å²) in [4.78, 5) is 0. The van der Waals surface area contributed by atoms with Crippen LogP contribution in [0.2, 0.25) is 0 Å². The molecule has 1 aliphatic carbocycles. The van der Waals surface area contributed by atoms with Crippen LogP contribution in [-0.4, -0.2) is 11.2 Å². The van der Waals surface area contributed by atoms with Crippen LogP contribution in [0.25, 0.3) is 0 Å². The third-order valence-electron chi connectivity index (χ3n) is 5.66. The van der Waals surface area contributed by atoms with Crippen LogP contribution < -0.4 is 0 Å². The van der Waals surface area contributed by atoms with Gasteiger partial charge in [0.05, 0.1) is 6.10 Å². The first-order chi connectivity index (χ1) is 9.38. The van der Waals surface area contributed by atoms with Gasteiger partial charge in [0, 0.05) is 0 Å². The van der Waals surface area contributed by atoms with Gasteiger partial charge in [0.25, 0.3) is 0 Å². The maximum Gasteiger partial charge on any atom is 0.0571 e. The van der Waals surface area contributed by atoms with E-state index < -0.39 is 0 Å². The zero-order valence-electron chi connectivity index (χ0n) is 14.6. The van der Waals surface area contributed by atoms with E-state index in [1.807, 2.05) is 0 Å². The molecular weight excluding hydrogens is 244 g/mol. The van der Waals surface area contributed by atoms with Crippen LogP contribution in [0, 0.1) is 23.2 Å². The van der Waals surface area contributed by atoms with E-state index in [2.05, 4.69) is 34.6 Å². The van der Waals surface area contributed by atoms with Crippen molar-refractivity contribution in [1.29, 1.82) is 0 Å². The fourth-order valence-corrected chi connectivity index (χ4v) is 3.89. The summed E-state index contributed by atoms with van der Waals surface area (Å²) in [6, 6.07) is 0. The molecule has 1 N–H and O–H groups in total. The minimum absolute atomic E-state index is 0.0438. The largest absolute Gasteiger partial charge is 0.393 e. The molecule has 1 saturated carbocycles. The van der Waals surface area contributed by atoms with E-state index >= 15 is 0 Å². The second-order valence-electron chi connectivity index (χ2n) is 8.20. The molecule has 1 fully saturated rings. The van der Waals surface area contributed by atoms with E-state index in [0.717, 1.165) is 18.3 Å². The molecule has 0 bridgehead atoms. The zero-order valence-corrected chi connectivity index (χ0v) is 14.6. The zero-order chi connectivity index (χ0) is 15.2. The Morgan fingerprint density at radius 2 is 1.65 bits per heavy atom. The Bertz CT molecular complexity index is 245. The first kappa shape index (κ1) is 18.0. The van der Waals surface area contributed by atoms with Gasteiger partial charge >= 0.3 is 0 Å². The van der Waals surface area contributed by atoms with Crippen LogP contribution >= 0.6 is 0 Å².